The summed E-state index contributed by atoms with van der Waals surface area (Å²) in [5, 5.41) is 0. The van der Waals surface area contributed by atoms with Gasteiger partial charge in [-0.15, -0.1) is 0 Å². The molecule has 1 unspecified atom stereocenters. The minimum absolute atomic E-state index is 0.222. The van der Waals surface area contributed by atoms with Crippen LogP contribution in [0.1, 0.15) is 11.7 Å². The minimum atomic E-state index is -0.345. The summed E-state index contributed by atoms with van der Waals surface area (Å²) in [4.78, 5) is 17.5. The molecule has 1 aromatic carbocycles. The van der Waals surface area contributed by atoms with E-state index in [9.17, 15) is 4.79 Å². The van der Waals surface area contributed by atoms with Gasteiger partial charge in [0.2, 0.25) is 0 Å². The van der Waals surface area contributed by atoms with Crippen molar-refractivity contribution in [1.29, 1.82) is 0 Å². The third-order valence-electron chi connectivity index (χ3n) is 2.91. The largest absolute Gasteiger partial charge is 0.439 e. The van der Waals surface area contributed by atoms with Crippen molar-refractivity contribution in [3.63, 3.8) is 0 Å². The highest BCUT2D eigenvalue weighted by atomic mass is 16.6. The fourth-order valence-corrected chi connectivity index (χ4v) is 2.00. The third kappa shape index (κ3) is 1.93. The van der Waals surface area contributed by atoms with Gasteiger partial charge in [-0.1, -0.05) is 36.4 Å². The van der Waals surface area contributed by atoms with E-state index in [0.29, 0.717) is 12.4 Å². The van der Waals surface area contributed by atoms with Crippen molar-refractivity contribution in [3.8, 4) is 0 Å². The number of ether oxygens (including phenoxy) is 1. The van der Waals surface area contributed by atoms with E-state index >= 15 is 0 Å². The highest BCUT2D eigenvalue weighted by Crippen LogP contribution is 2.28. The predicted octanol–water partition coefficient (Wildman–Crippen LogP) is 2.78. The number of nitrogens with zero attached hydrogens (tertiary/aromatic N) is 2. The molecule has 0 spiro atoms. The van der Waals surface area contributed by atoms with Crippen LogP contribution >= 0.6 is 0 Å². The van der Waals surface area contributed by atoms with Gasteiger partial charge in [0.25, 0.3) is 0 Å². The number of amides is 1. The smallest absolute Gasteiger partial charge is 0.416 e. The van der Waals surface area contributed by atoms with Crippen LogP contribution in [0.25, 0.3) is 0 Å². The summed E-state index contributed by atoms with van der Waals surface area (Å²) < 4.78 is 5.36. The molecule has 0 saturated carbocycles. The first-order valence-electron chi connectivity index (χ1n) is 5.79. The molecule has 1 aliphatic heterocycles. The zero-order chi connectivity index (χ0) is 12.4. The van der Waals surface area contributed by atoms with Crippen LogP contribution in [-0.4, -0.2) is 17.6 Å². The second-order valence-corrected chi connectivity index (χ2v) is 4.08. The molecule has 1 amide bonds. The summed E-state index contributed by atoms with van der Waals surface area (Å²) in [5.74, 6) is 0.626. The van der Waals surface area contributed by atoms with Gasteiger partial charge in [0, 0.05) is 6.20 Å². The van der Waals surface area contributed by atoms with Gasteiger partial charge < -0.3 is 4.74 Å². The van der Waals surface area contributed by atoms with E-state index in [2.05, 4.69) is 4.98 Å². The Hall–Kier alpha value is -2.36. The summed E-state index contributed by atoms with van der Waals surface area (Å²) in [6, 6.07) is 15.2. The van der Waals surface area contributed by atoms with Gasteiger partial charge in [-0.25, -0.2) is 9.78 Å². The molecule has 2 aromatic rings. The van der Waals surface area contributed by atoms with Gasteiger partial charge in [0.15, 0.2) is 0 Å². The molecule has 18 heavy (non-hydrogen) atoms. The molecule has 3 rings (SSSR count). The molecule has 4 heteroatoms. The van der Waals surface area contributed by atoms with Crippen molar-refractivity contribution < 1.29 is 9.53 Å². The third-order valence-corrected chi connectivity index (χ3v) is 2.91. The van der Waals surface area contributed by atoms with Crippen molar-refractivity contribution in [1.82, 2.24) is 4.98 Å². The number of hydrogen-bond acceptors (Lipinski definition) is 3. The normalized spacial score (nSPS) is 18.8. The molecular weight excluding hydrogens is 228 g/mol. The lowest BCUT2D eigenvalue weighted by Gasteiger charge is -2.11. The molecule has 0 radical (unpaired) electrons. The molecule has 90 valence electrons. The van der Waals surface area contributed by atoms with Crippen LogP contribution in [0, 0.1) is 0 Å². The van der Waals surface area contributed by atoms with Crippen molar-refractivity contribution in [2.24, 2.45) is 0 Å². The van der Waals surface area contributed by atoms with E-state index < -0.39 is 0 Å². The summed E-state index contributed by atoms with van der Waals surface area (Å²) in [6.07, 6.45) is 1.10. The molecule has 0 bridgehead atoms. The Morgan fingerprint density at radius 1 is 1.11 bits per heavy atom. The zero-order valence-corrected chi connectivity index (χ0v) is 9.69. The van der Waals surface area contributed by atoms with Crippen molar-refractivity contribution in [2.75, 3.05) is 11.4 Å². The first-order valence-corrected chi connectivity index (χ1v) is 5.79. The second kappa shape index (κ2) is 4.49. The number of aromatic nitrogens is 1. The van der Waals surface area contributed by atoms with E-state index in [0.717, 1.165) is 5.56 Å². The molecule has 4 nitrogen and oxygen atoms in total. The maximum absolute atomic E-state index is 11.8. The Labute approximate surface area is 105 Å². The predicted molar refractivity (Wildman–Crippen MR) is 67.2 cm³/mol. The van der Waals surface area contributed by atoms with Crippen LogP contribution in [0.5, 0.6) is 0 Å². The van der Waals surface area contributed by atoms with E-state index in [4.69, 9.17) is 4.74 Å². The van der Waals surface area contributed by atoms with Crippen LogP contribution in [0.3, 0.4) is 0 Å². The molecule has 0 N–H and O–H groups in total. The minimum Gasteiger partial charge on any atom is -0.439 e. The first-order chi connectivity index (χ1) is 8.84. The fourth-order valence-electron chi connectivity index (χ4n) is 2.00. The van der Waals surface area contributed by atoms with Crippen LogP contribution in [-0.2, 0) is 4.74 Å². The Kier molecular flexibility index (Phi) is 2.68. The maximum Gasteiger partial charge on any atom is 0.416 e. The number of anilines is 1. The lowest BCUT2D eigenvalue weighted by atomic mass is 10.1. The summed E-state index contributed by atoms with van der Waals surface area (Å²) in [7, 11) is 0. The quantitative estimate of drug-likeness (QED) is 0.810. The van der Waals surface area contributed by atoms with Crippen molar-refractivity contribution in [2.45, 2.75) is 6.10 Å². The van der Waals surface area contributed by atoms with E-state index in [1.54, 1.807) is 17.2 Å². The van der Waals surface area contributed by atoms with Crippen LogP contribution < -0.4 is 4.90 Å². The van der Waals surface area contributed by atoms with Gasteiger partial charge in [0.05, 0.1) is 6.54 Å². The lowest BCUT2D eigenvalue weighted by Crippen LogP contribution is -2.24. The van der Waals surface area contributed by atoms with Crippen LogP contribution in [0.15, 0.2) is 54.7 Å². The number of hydrogen-bond donors (Lipinski definition) is 0. The topological polar surface area (TPSA) is 42.4 Å². The Balaban J connectivity index is 1.83. The van der Waals surface area contributed by atoms with Gasteiger partial charge in [-0.05, 0) is 17.7 Å². The zero-order valence-electron chi connectivity index (χ0n) is 9.69. The van der Waals surface area contributed by atoms with E-state index in [1.165, 1.54) is 0 Å². The van der Waals surface area contributed by atoms with Crippen LogP contribution in [0.2, 0.25) is 0 Å². The average Bonchev–Trinajstić information content (AvgIpc) is 2.83. The van der Waals surface area contributed by atoms with Gasteiger partial charge in [0.1, 0.15) is 11.9 Å². The van der Waals surface area contributed by atoms with Gasteiger partial charge >= 0.3 is 6.09 Å². The van der Waals surface area contributed by atoms with Crippen molar-refractivity contribution in [3.05, 3.63) is 60.3 Å². The monoisotopic (exact) mass is 240 g/mol. The molecule has 2 heterocycles. The first kappa shape index (κ1) is 10.8. The summed E-state index contributed by atoms with van der Waals surface area (Å²) >= 11 is 0. The standard InChI is InChI=1S/C14H12N2O2/c17-14-16(13-8-4-5-9-15-13)10-12(18-14)11-6-2-1-3-7-11/h1-9,12H,10H2. The lowest BCUT2D eigenvalue weighted by molar-refractivity contribution is 0.142. The van der Waals surface area contributed by atoms with E-state index in [-0.39, 0.29) is 12.2 Å². The number of carbonyl (C=O) groups is 1. The number of cyclic esters (lactones) is 1. The molecule has 1 saturated heterocycles. The number of carbonyl (C=O) groups excluding carboxylic acids is 1. The highest BCUT2D eigenvalue weighted by molar-refractivity contribution is 5.88. The fraction of sp³-hybridized carbons (Fsp3) is 0.143. The number of pyridine rings is 1. The SMILES string of the molecule is O=C1OC(c2ccccc2)CN1c1ccccn1. The summed E-state index contributed by atoms with van der Waals surface area (Å²) in [6.45, 7) is 0.500. The number of rotatable bonds is 2. The Morgan fingerprint density at radius 3 is 2.61 bits per heavy atom. The van der Waals surface area contributed by atoms with E-state index in [1.807, 2.05) is 42.5 Å². The van der Waals surface area contributed by atoms with Gasteiger partial charge in [-0.3, -0.25) is 4.90 Å². The molecule has 1 aromatic heterocycles. The molecular formula is C14H12N2O2. The molecule has 0 aliphatic carbocycles. The van der Waals surface area contributed by atoms with Gasteiger partial charge in [-0.2, -0.15) is 0 Å². The number of benzene rings is 1. The molecule has 1 aliphatic rings. The van der Waals surface area contributed by atoms with Crippen LogP contribution in [0.4, 0.5) is 10.6 Å². The average molecular weight is 240 g/mol. The second-order valence-electron chi connectivity index (χ2n) is 4.08. The molecule has 1 atom stereocenters. The molecule has 1 fully saturated rings. The summed E-state index contributed by atoms with van der Waals surface area (Å²) in [5.41, 5.74) is 1.00. The highest BCUT2D eigenvalue weighted by Gasteiger charge is 2.33. The maximum atomic E-state index is 11.8. The Bertz CT molecular complexity index is 542. The Morgan fingerprint density at radius 2 is 1.89 bits per heavy atom. The van der Waals surface area contributed by atoms with Crippen molar-refractivity contribution >= 4 is 11.9 Å².